The van der Waals surface area contributed by atoms with E-state index in [1.807, 2.05) is 0 Å². The summed E-state index contributed by atoms with van der Waals surface area (Å²) < 4.78 is 37.7. The van der Waals surface area contributed by atoms with Gasteiger partial charge in [0, 0.05) is 44.3 Å². The van der Waals surface area contributed by atoms with E-state index in [-0.39, 0.29) is 49.3 Å². The van der Waals surface area contributed by atoms with Crippen LogP contribution in [0.1, 0.15) is 59.8 Å². The van der Waals surface area contributed by atoms with Crippen LogP contribution in [0, 0.1) is 5.41 Å². The Bertz CT molecular complexity index is 817. The minimum Gasteiger partial charge on any atom is -0.464 e. The third kappa shape index (κ3) is 13.2. The Morgan fingerprint density at radius 1 is 1.06 bits per heavy atom. The molecule has 1 fully saturated rings. The monoisotopic (exact) mass is 539 g/mol. The van der Waals surface area contributed by atoms with Gasteiger partial charge in [0.15, 0.2) is 10.9 Å². The van der Waals surface area contributed by atoms with E-state index in [1.165, 1.54) is 25.6 Å². The average Bonchev–Trinajstić information content (AvgIpc) is 2.76. The van der Waals surface area contributed by atoms with E-state index in [2.05, 4.69) is 10.1 Å². The second-order valence-electron chi connectivity index (χ2n) is 8.44. The molecule has 12 nitrogen and oxygen atoms in total. The summed E-state index contributed by atoms with van der Waals surface area (Å²) >= 11 is 1.17. The van der Waals surface area contributed by atoms with E-state index in [0.717, 1.165) is 0 Å². The van der Waals surface area contributed by atoms with Crippen LogP contribution in [0.15, 0.2) is 0 Å². The highest BCUT2D eigenvalue weighted by atomic mass is 32.2. The Morgan fingerprint density at radius 2 is 1.74 bits per heavy atom. The molecule has 0 aromatic rings. The van der Waals surface area contributed by atoms with E-state index in [4.69, 9.17) is 18.3 Å². The molecule has 0 spiro atoms. The largest absolute Gasteiger partial charge is 0.478 e. The molecule has 1 heterocycles. The van der Waals surface area contributed by atoms with Crippen molar-refractivity contribution in [2.45, 2.75) is 65.9 Å². The maximum Gasteiger partial charge on any atom is 0.478 e. The lowest BCUT2D eigenvalue weighted by atomic mass is 9.84. The minimum absolute atomic E-state index is 0.00592. The molecule has 0 aromatic heterocycles. The predicted octanol–water partition coefficient (Wildman–Crippen LogP) is 3.17. The Morgan fingerprint density at radius 3 is 2.40 bits per heavy atom. The molecule has 0 bridgehead atoms. The molecule has 35 heavy (non-hydrogen) atoms. The van der Waals surface area contributed by atoms with Crippen molar-refractivity contribution in [1.82, 2.24) is 5.32 Å². The van der Waals surface area contributed by atoms with Crippen molar-refractivity contribution in [3.05, 3.63) is 0 Å². The lowest BCUT2D eigenvalue weighted by Crippen LogP contribution is -2.45. The first-order valence-electron chi connectivity index (χ1n) is 11.1. The van der Waals surface area contributed by atoms with Crippen LogP contribution in [0.5, 0.6) is 0 Å². The highest BCUT2D eigenvalue weighted by Crippen LogP contribution is 2.57. The van der Waals surface area contributed by atoms with Crippen molar-refractivity contribution in [3.8, 4) is 0 Å². The van der Waals surface area contributed by atoms with Gasteiger partial charge < -0.3 is 14.8 Å². The van der Waals surface area contributed by atoms with E-state index in [9.17, 15) is 28.5 Å². The lowest BCUT2D eigenvalue weighted by molar-refractivity contribution is -0.141. The van der Waals surface area contributed by atoms with Crippen molar-refractivity contribution in [1.29, 1.82) is 0 Å². The van der Waals surface area contributed by atoms with Gasteiger partial charge in [0.1, 0.15) is 18.5 Å². The lowest BCUT2D eigenvalue weighted by Gasteiger charge is -2.39. The van der Waals surface area contributed by atoms with Crippen molar-refractivity contribution in [3.63, 3.8) is 0 Å². The Kier molecular flexibility index (Phi) is 13.7. The van der Waals surface area contributed by atoms with Crippen molar-refractivity contribution in [2.75, 3.05) is 32.3 Å². The highest BCUT2D eigenvalue weighted by Gasteiger charge is 2.48. The normalized spacial score (nSPS) is 21.1. The fourth-order valence-corrected chi connectivity index (χ4v) is 5.04. The van der Waals surface area contributed by atoms with Gasteiger partial charge in [-0.3, -0.25) is 28.2 Å². The number of phosphoric acid groups is 1. The van der Waals surface area contributed by atoms with Gasteiger partial charge >= 0.3 is 19.9 Å². The zero-order valence-corrected chi connectivity index (χ0v) is 22.2. The number of nitrogens with one attached hydrogen (secondary N) is 1. The van der Waals surface area contributed by atoms with Crippen molar-refractivity contribution in [2.24, 2.45) is 5.41 Å². The van der Waals surface area contributed by atoms with Crippen LogP contribution in [-0.2, 0) is 46.8 Å². The van der Waals surface area contributed by atoms with Crippen LogP contribution in [0.25, 0.3) is 0 Å². The number of amides is 1. The number of hydrogen-bond acceptors (Lipinski definition) is 12. The summed E-state index contributed by atoms with van der Waals surface area (Å²) in [6.07, 6.45) is -0.484. The number of ketones is 2. The number of carbonyl (C=O) groups is 5. The maximum absolute atomic E-state index is 12.8. The number of rotatable bonds is 15. The second kappa shape index (κ2) is 15.4. The number of Topliss-reactive ketones (excluding diaryl/α,β-unsaturated/α-hetero) is 2. The Labute approximate surface area is 209 Å². The number of alkyl carbamates (subject to hydrolysis) is 1. The van der Waals surface area contributed by atoms with Gasteiger partial charge in [-0.15, -0.1) is 0 Å². The zero-order chi connectivity index (χ0) is 26.5. The summed E-state index contributed by atoms with van der Waals surface area (Å²) in [5.74, 6) is -0.247. The maximum atomic E-state index is 12.8. The van der Waals surface area contributed by atoms with Crippen LogP contribution in [-0.4, -0.2) is 67.2 Å². The Hall–Kier alpha value is -1.79. The van der Waals surface area contributed by atoms with E-state index in [0.29, 0.717) is 25.0 Å². The van der Waals surface area contributed by atoms with Crippen LogP contribution >= 0.6 is 19.6 Å². The number of ether oxygens (including phenoxy) is 2. The molecule has 2 atom stereocenters. The van der Waals surface area contributed by atoms with E-state index >= 15 is 0 Å². The molecule has 0 aliphatic carbocycles. The van der Waals surface area contributed by atoms with Gasteiger partial charge in [0.25, 0.3) is 0 Å². The van der Waals surface area contributed by atoms with Crippen molar-refractivity contribution < 1.29 is 51.6 Å². The molecule has 14 heteroatoms. The highest BCUT2D eigenvalue weighted by molar-refractivity contribution is 8.13. The van der Waals surface area contributed by atoms with Gasteiger partial charge in [0.2, 0.25) is 6.79 Å². The fraction of sp³-hybridized carbons (Fsp3) is 0.762. The quantitative estimate of drug-likeness (QED) is 0.140. The molecular formula is C21H34NO11PS. The van der Waals surface area contributed by atoms with Crippen molar-refractivity contribution >= 4 is 48.3 Å². The first-order chi connectivity index (χ1) is 16.3. The molecule has 1 aliphatic heterocycles. The summed E-state index contributed by atoms with van der Waals surface area (Å²) in [6.45, 7) is 5.24. The van der Waals surface area contributed by atoms with Gasteiger partial charge in [-0.05, 0) is 12.8 Å². The molecule has 0 radical (unpaired) electrons. The van der Waals surface area contributed by atoms with Crippen LogP contribution in [0.3, 0.4) is 0 Å². The summed E-state index contributed by atoms with van der Waals surface area (Å²) in [7, 11) is -4.17. The molecule has 0 saturated carbocycles. The summed E-state index contributed by atoms with van der Waals surface area (Å²) in [4.78, 5) is 57.8. The average molecular weight is 540 g/mol. The molecule has 0 aromatic carbocycles. The summed E-state index contributed by atoms with van der Waals surface area (Å²) in [5, 5.41) is 2.30. The van der Waals surface area contributed by atoms with E-state index in [1.54, 1.807) is 13.8 Å². The van der Waals surface area contributed by atoms with Crippen LogP contribution in [0.4, 0.5) is 4.79 Å². The number of carbonyl (C=O) groups excluding carboxylic acids is 5. The topological polar surface area (TPSA) is 161 Å². The number of phosphoric ester groups is 1. The van der Waals surface area contributed by atoms with Gasteiger partial charge in [-0.25, -0.2) is 13.9 Å². The molecule has 1 rings (SSSR count). The standard InChI is InChI=1S/C21H34NO11PS/c1-15(23)29-11-10-22-20(27)30-14-32-34(28)31-13-21(3,4)19(33-34)18(26)9-5-7-17(25)8-6-12-35-16(2)24/h19H,5-14H2,1-4H3,(H,22,27)/t19-,34?/m0/s1. The third-order valence-electron chi connectivity index (χ3n) is 4.69. The number of esters is 1. The van der Waals surface area contributed by atoms with Gasteiger partial charge in [-0.1, -0.05) is 25.6 Å². The summed E-state index contributed by atoms with van der Waals surface area (Å²) in [5.41, 5.74) is -0.794. The number of hydrogen-bond donors (Lipinski definition) is 1. The van der Waals surface area contributed by atoms with Gasteiger partial charge in [0.05, 0.1) is 13.2 Å². The zero-order valence-electron chi connectivity index (χ0n) is 20.5. The fourth-order valence-electron chi connectivity index (χ4n) is 2.93. The minimum atomic E-state index is -4.17. The first kappa shape index (κ1) is 31.2. The first-order valence-corrected chi connectivity index (χ1v) is 13.6. The molecular weight excluding hydrogens is 505 g/mol. The third-order valence-corrected chi connectivity index (χ3v) is 6.93. The smallest absolute Gasteiger partial charge is 0.464 e. The molecule has 1 saturated heterocycles. The molecule has 200 valence electrons. The second-order valence-corrected chi connectivity index (χ2v) is 11.3. The molecule has 1 unspecified atom stereocenters. The summed E-state index contributed by atoms with van der Waals surface area (Å²) in [6, 6.07) is 0. The molecule has 1 amide bonds. The SMILES string of the molecule is CC(=O)OCCNC(=O)OCOP1(=O)OCC(C)(C)[C@H](C(=O)CCCC(=O)CCCSC(C)=O)O1. The molecule has 1 N–H and O–H groups in total. The Balaban J connectivity index is 2.42. The van der Waals surface area contributed by atoms with Crippen LogP contribution < -0.4 is 5.32 Å². The van der Waals surface area contributed by atoms with Gasteiger partial charge in [-0.2, -0.15) is 0 Å². The van der Waals surface area contributed by atoms with Crippen LogP contribution in [0.2, 0.25) is 0 Å². The molecule has 1 aliphatic rings. The number of thioether (sulfide) groups is 1. The predicted molar refractivity (Wildman–Crippen MR) is 126 cm³/mol. The van der Waals surface area contributed by atoms with E-state index < -0.39 is 38.2 Å².